The number of nitrogens with one attached hydrogen (secondary N) is 1. The highest BCUT2D eigenvalue weighted by Gasteiger charge is 2.15. The lowest BCUT2D eigenvalue weighted by Crippen LogP contribution is -2.39. The molecule has 90 valence electrons. The number of unbranched alkanes of at least 4 members (excludes halogenated alkanes) is 1. The third-order valence-electron chi connectivity index (χ3n) is 2.35. The maximum Gasteiger partial charge on any atom is 0.263 e. The highest BCUT2D eigenvalue weighted by atomic mass is 35.5. The SMILES string of the molecule is CCCCC(CN)NC(=O)c1sccc1Cl. The molecule has 1 atom stereocenters. The van der Waals surface area contributed by atoms with Crippen molar-refractivity contribution in [1.82, 2.24) is 5.32 Å². The molecule has 1 heterocycles. The number of hydrogen-bond donors (Lipinski definition) is 2. The molecule has 0 aliphatic carbocycles. The minimum Gasteiger partial charge on any atom is -0.347 e. The van der Waals surface area contributed by atoms with Crippen LogP contribution in [0.1, 0.15) is 35.9 Å². The average molecular weight is 261 g/mol. The zero-order valence-corrected chi connectivity index (χ0v) is 10.9. The second-order valence-corrected chi connectivity index (χ2v) is 4.97. The van der Waals surface area contributed by atoms with Gasteiger partial charge in [-0.15, -0.1) is 11.3 Å². The standard InChI is InChI=1S/C11H17ClN2OS/c1-2-3-4-8(7-13)14-11(15)10-9(12)5-6-16-10/h5-6,8H,2-4,7,13H2,1H3,(H,14,15). The van der Waals surface area contributed by atoms with E-state index in [2.05, 4.69) is 12.2 Å². The molecule has 0 bridgehead atoms. The van der Waals surface area contributed by atoms with Crippen LogP contribution in [0.4, 0.5) is 0 Å². The second-order valence-electron chi connectivity index (χ2n) is 3.65. The molecule has 5 heteroatoms. The van der Waals surface area contributed by atoms with E-state index in [1.807, 2.05) is 0 Å². The minimum atomic E-state index is -0.119. The highest BCUT2D eigenvalue weighted by molar-refractivity contribution is 7.12. The van der Waals surface area contributed by atoms with Crippen molar-refractivity contribution < 1.29 is 4.79 Å². The molecule has 0 spiro atoms. The smallest absolute Gasteiger partial charge is 0.263 e. The molecule has 0 aromatic carbocycles. The zero-order chi connectivity index (χ0) is 12.0. The van der Waals surface area contributed by atoms with Gasteiger partial charge in [0.25, 0.3) is 5.91 Å². The Kier molecular flexibility index (Phi) is 5.80. The zero-order valence-electron chi connectivity index (χ0n) is 9.33. The van der Waals surface area contributed by atoms with Crippen molar-refractivity contribution in [3.63, 3.8) is 0 Å². The van der Waals surface area contributed by atoms with Gasteiger partial charge in [0.05, 0.1) is 5.02 Å². The second kappa shape index (κ2) is 6.89. The summed E-state index contributed by atoms with van der Waals surface area (Å²) in [6.07, 6.45) is 3.09. The van der Waals surface area contributed by atoms with Crippen LogP contribution in [-0.4, -0.2) is 18.5 Å². The van der Waals surface area contributed by atoms with Crippen molar-refractivity contribution in [2.75, 3.05) is 6.54 Å². The maximum atomic E-state index is 11.8. The Bertz CT molecular complexity index is 340. The molecular weight excluding hydrogens is 244 g/mol. The Morgan fingerprint density at radius 1 is 1.69 bits per heavy atom. The maximum absolute atomic E-state index is 11.8. The van der Waals surface area contributed by atoms with E-state index in [1.165, 1.54) is 11.3 Å². The van der Waals surface area contributed by atoms with Crippen molar-refractivity contribution >= 4 is 28.8 Å². The van der Waals surface area contributed by atoms with Gasteiger partial charge in [-0.3, -0.25) is 4.79 Å². The van der Waals surface area contributed by atoms with Crippen LogP contribution >= 0.6 is 22.9 Å². The number of carbonyl (C=O) groups is 1. The molecule has 16 heavy (non-hydrogen) atoms. The summed E-state index contributed by atoms with van der Waals surface area (Å²) in [5, 5.41) is 5.22. The number of nitrogens with two attached hydrogens (primary N) is 1. The van der Waals surface area contributed by atoms with Crippen LogP contribution in [0.25, 0.3) is 0 Å². The summed E-state index contributed by atoms with van der Waals surface area (Å²) < 4.78 is 0. The van der Waals surface area contributed by atoms with Crippen molar-refractivity contribution in [2.45, 2.75) is 32.2 Å². The third kappa shape index (κ3) is 3.77. The first kappa shape index (κ1) is 13.5. The number of carbonyl (C=O) groups excluding carboxylic acids is 1. The average Bonchev–Trinajstić information content (AvgIpc) is 2.70. The van der Waals surface area contributed by atoms with Crippen molar-refractivity contribution in [3.05, 3.63) is 21.3 Å². The molecule has 0 fully saturated rings. The summed E-state index contributed by atoms with van der Waals surface area (Å²) >= 11 is 7.23. The summed E-state index contributed by atoms with van der Waals surface area (Å²) in [5.74, 6) is -0.119. The summed E-state index contributed by atoms with van der Waals surface area (Å²) in [4.78, 5) is 12.4. The topological polar surface area (TPSA) is 55.1 Å². The van der Waals surface area contributed by atoms with Crippen LogP contribution in [-0.2, 0) is 0 Å². The Hall–Kier alpha value is -0.580. The molecule has 1 aromatic rings. The lowest BCUT2D eigenvalue weighted by atomic mass is 10.1. The molecule has 0 aliphatic rings. The van der Waals surface area contributed by atoms with Crippen molar-refractivity contribution in [1.29, 1.82) is 0 Å². The summed E-state index contributed by atoms with van der Waals surface area (Å²) in [7, 11) is 0. The molecule has 0 saturated carbocycles. The van der Waals surface area contributed by atoms with E-state index in [0.717, 1.165) is 19.3 Å². The Balaban J connectivity index is 2.52. The van der Waals surface area contributed by atoms with Gasteiger partial charge >= 0.3 is 0 Å². The van der Waals surface area contributed by atoms with Crippen LogP contribution in [0.15, 0.2) is 11.4 Å². The van der Waals surface area contributed by atoms with Gasteiger partial charge in [0.1, 0.15) is 4.88 Å². The molecule has 1 aromatic heterocycles. The first-order valence-corrected chi connectivity index (χ1v) is 6.68. The van der Waals surface area contributed by atoms with E-state index >= 15 is 0 Å². The fourth-order valence-corrected chi connectivity index (χ4v) is 2.45. The summed E-state index contributed by atoms with van der Waals surface area (Å²) in [5.41, 5.74) is 5.61. The fourth-order valence-electron chi connectivity index (χ4n) is 1.41. The summed E-state index contributed by atoms with van der Waals surface area (Å²) in [6.45, 7) is 2.58. The van der Waals surface area contributed by atoms with E-state index in [1.54, 1.807) is 11.4 Å². The Morgan fingerprint density at radius 2 is 2.44 bits per heavy atom. The van der Waals surface area contributed by atoms with E-state index in [0.29, 0.717) is 16.4 Å². The van der Waals surface area contributed by atoms with Gasteiger partial charge in [0.2, 0.25) is 0 Å². The monoisotopic (exact) mass is 260 g/mol. The van der Waals surface area contributed by atoms with Crippen molar-refractivity contribution in [2.24, 2.45) is 5.73 Å². The molecule has 1 unspecified atom stereocenters. The molecule has 0 aliphatic heterocycles. The number of hydrogen-bond acceptors (Lipinski definition) is 3. The highest BCUT2D eigenvalue weighted by Crippen LogP contribution is 2.21. The van der Waals surface area contributed by atoms with Gasteiger partial charge in [-0.2, -0.15) is 0 Å². The largest absolute Gasteiger partial charge is 0.347 e. The van der Waals surface area contributed by atoms with E-state index in [4.69, 9.17) is 17.3 Å². The normalized spacial score (nSPS) is 12.4. The third-order valence-corrected chi connectivity index (χ3v) is 3.69. The summed E-state index contributed by atoms with van der Waals surface area (Å²) in [6, 6.07) is 1.77. The van der Waals surface area contributed by atoms with Gasteiger partial charge in [-0.1, -0.05) is 31.4 Å². The predicted molar refractivity (Wildman–Crippen MR) is 69.2 cm³/mol. The van der Waals surface area contributed by atoms with E-state index in [9.17, 15) is 4.79 Å². The first-order chi connectivity index (χ1) is 7.69. The van der Waals surface area contributed by atoms with Crippen molar-refractivity contribution in [3.8, 4) is 0 Å². The quantitative estimate of drug-likeness (QED) is 0.826. The number of halogens is 1. The lowest BCUT2D eigenvalue weighted by molar-refractivity contribution is 0.0940. The van der Waals surface area contributed by atoms with Crippen LogP contribution in [0, 0.1) is 0 Å². The number of thiophene rings is 1. The molecule has 0 saturated heterocycles. The molecule has 1 amide bonds. The van der Waals surface area contributed by atoms with E-state index in [-0.39, 0.29) is 11.9 Å². The van der Waals surface area contributed by atoms with Gasteiger partial charge in [-0.05, 0) is 17.9 Å². The fraction of sp³-hybridized carbons (Fsp3) is 0.545. The molecule has 3 N–H and O–H groups in total. The lowest BCUT2D eigenvalue weighted by Gasteiger charge is -2.15. The van der Waals surface area contributed by atoms with Crippen LogP contribution in [0.2, 0.25) is 5.02 Å². The van der Waals surface area contributed by atoms with Gasteiger partial charge < -0.3 is 11.1 Å². The molecule has 1 rings (SSSR count). The van der Waals surface area contributed by atoms with Gasteiger partial charge in [0.15, 0.2) is 0 Å². The Morgan fingerprint density at radius 3 is 2.94 bits per heavy atom. The number of rotatable bonds is 6. The Labute approximate surface area is 105 Å². The molecule has 0 radical (unpaired) electrons. The predicted octanol–water partition coefficient (Wildman–Crippen LogP) is 2.65. The first-order valence-electron chi connectivity index (χ1n) is 5.43. The van der Waals surface area contributed by atoms with Gasteiger partial charge in [0, 0.05) is 12.6 Å². The molecular formula is C11H17ClN2OS. The minimum absolute atomic E-state index is 0.0469. The van der Waals surface area contributed by atoms with E-state index < -0.39 is 0 Å². The van der Waals surface area contributed by atoms with Crippen LogP contribution in [0.5, 0.6) is 0 Å². The number of amides is 1. The van der Waals surface area contributed by atoms with Gasteiger partial charge in [-0.25, -0.2) is 0 Å². The molecule has 3 nitrogen and oxygen atoms in total. The van der Waals surface area contributed by atoms with Crippen LogP contribution in [0.3, 0.4) is 0 Å². The van der Waals surface area contributed by atoms with Crippen LogP contribution < -0.4 is 11.1 Å².